The molecule has 118 valence electrons. The molecule has 1 aromatic heterocycles. The van der Waals surface area contributed by atoms with Gasteiger partial charge in [-0.3, -0.25) is 9.58 Å². The van der Waals surface area contributed by atoms with Crippen molar-refractivity contribution in [2.45, 2.75) is 18.8 Å². The number of aliphatic hydroxyl groups excluding tert-OH is 1. The van der Waals surface area contributed by atoms with Gasteiger partial charge in [-0.1, -0.05) is 23.7 Å². The van der Waals surface area contributed by atoms with Crippen molar-refractivity contribution in [2.24, 2.45) is 0 Å². The molecule has 5 nitrogen and oxygen atoms in total. The van der Waals surface area contributed by atoms with Crippen LogP contribution in [-0.4, -0.2) is 52.1 Å². The lowest BCUT2D eigenvalue weighted by atomic mass is 10.1. The molecule has 1 fully saturated rings. The van der Waals surface area contributed by atoms with Crippen molar-refractivity contribution >= 4 is 11.6 Å². The number of nitrogens with zero attached hydrogens (tertiary/aromatic N) is 3. The molecular formula is C16H20ClN3O2. The summed E-state index contributed by atoms with van der Waals surface area (Å²) in [5.74, 6) is 0. The minimum absolute atomic E-state index is 0.339. The molecule has 2 aromatic rings. The summed E-state index contributed by atoms with van der Waals surface area (Å²) in [5.41, 5.74) is 1.05. The van der Waals surface area contributed by atoms with Gasteiger partial charge in [0.05, 0.1) is 25.4 Å². The van der Waals surface area contributed by atoms with Gasteiger partial charge >= 0.3 is 0 Å². The van der Waals surface area contributed by atoms with Crippen molar-refractivity contribution in [1.29, 1.82) is 0 Å². The number of likely N-dealkylation sites (tertiary alicyclic amines) is 1. The highest BCUT2D eigenvalue weighted by Crippen LogP contribution is 2.20. The van der Waals surface area contributed by atoms with Crippen molar-refractivity contribution in [2.75, 3.05) is 26.2 Å². The first-order valence-corrected chi connectivity index (χ1v) is 7.80. The maximum Gasteiger partial charge on any atom is 0.0900 e. The first-order chi connectivity index (χ1) is 10.7. The molecule has 0 saturated carbocycles. The zero-order valence-corrected chi connectivity index (χ0v) is 13.1. The summed E-state index contributed by atoms with van der Waals surface area (Å²) in [6.45, 7) is 3.32. The Morgan fingerprint density at radius 2 is 2.09 bits per heavy atom. The first kappa shape index (κ1) is 15.5. The van der Waals surface area contributed by atoms with Gasteiger partial charge in [0.15, 0.2) is 0 Å². The van der Waals surface area contributed by atoms with Gasteiger partial charge in [0.2, 0.25) is 0 Å². The fourth-order valence-corrected chi connectivity index (χ4v) is 2.73. The largest absolute Gasteiger partial charge is 0.389 e. The van der Waals surface area contributed by atoms with E-state index in [-0.39, 0.29) is 0 Å². The summed E-state index contributed by atoms with van der Waals surface area (Å²) in [6, 6.07) is 9.90. The lowest BCUT2D eigenvalue weighted by Gasteiger charge is -2.40. The molecule has 1 aliphatic heterocycles. The fourth-order valence-electron chi connectivity index (χ4n) is 2.60. The molecule has 1 aromatic carbocycles. The van der Waals surface area contributed by atoms with Gasteiger partial charge in [-0.15, -0.1) is 0 Å². The number of aromatic nitrogens is 2. The highest BCUT2D eigenvalue weighted by Gasteiger charge is 2.29. The molecule has 0 radical (unpaired) electrons. The second kappa shape index (κ2) is 7.24. The highest BCUT2D eigenvalue weighted by molar-refractivity contribution is 6.30. The minimum Gasteiger partial charge on any atom is -0.389 e. The van der Waals surface area contributed by atoms with Crippen LogP contribution < -0.4 is 0 Å². The lowest BCUT2D eigenvalue weighted by Crippen LogP contribution is -2.51. The Labute approximate surface area is 135 Å². The molecular weight excluding hydrogens is 302 g/mol. The zero-order valence-electron chi connectivity index (χ0n) is 12.3. The first-order valence-electron chi connectivity index (χ1n) is 7.42. The number of benzene rings is 1. The van der Waals surface area contributed by atoms with E-state index in [1.165, 1.54) is 0 Å². The third-order valence-corrected chi connectivity index (χ3v) is 4.05. The molecule has 0 amide bonds. The number of aliphatic hydroxyl groups is 1. The second-order valence-electron chi connectivity index (χ2n) is 5.65. The van der Waals surface area contributed by atoms with Crippen molar-refractivity contribution < 1.29 is 9.84 Å². The minimum atomic E-state index is -0.467. The van der Waals surface area contributed by atoms with Gasteiger partial charge in [0, 0.05) is 37.1 Å². The summed E-state index contributed by atoms with van der Waals surface area (Å²) in [4.78, 5) is 2.21. The number of rotatable bonds is 7. The van der Waals surface area contributed by atoms with Crippen LogP contribution in [0.25, 0.3) is 0 Å². The monoisotopic (exact) mass is 321 g/mol. The average Bonchev–Trinajstić information content (AvgIpc) is 2.98. The predicted molar refractivity (Wildman–Crippen MR) is 84.8 cm³/mol. The van der Waals surface area contributed by atoms with Crippen molar-refractivity contribution in [3.05, 3.63) is 53.3 Å². The molecule has 0 bridgehead atoms. The van der Waals surface area contributed by atoms with Crippen LogP contribution in [0.3, 0.4) is 0 Å². The summed E-state index contributed by atoms with van der Waals surface area (Å²) >= 11 is 5.83. The summed E-state index contributed by atoms with van der Waals surface area (Å²) in [7, 11) is 0. The molecule has 22 heavy (non-hydrogen) atoms. The predicted octanol–water partition coefficient (Wildman–Crippen LogP) is 1.97. The average molecular weight is 322 g/mol. The van der Waals surface area contributed by atoms with E-state index in [0.717, 1.165) is 18.7 Å². The number of β-amino-alcohol motifs (C(OH)–C–C–N with tert-alkyl or cyclic N) is 1. The van der Waals surface area contributed by atoms with Crippen LogP contribution >= 0.6 is 11.6 Å². The van der Waals surface area contributed by atoms with Gasteiger partial charge in [-0.05, 0) is 23.8 Å². The van der Waals surface area contributed by atoms with Crippen molar-refractivity contribution in [3.63, 3.8) is 0 Å². The number of ether oxygens (including phenoxy) is 1. The molecule has 3 rings (SSSR count). The third kappa shape index (κ3) is 4.08. The Kier molecular flexibility index (Phi) is 5.10. The Bertz CT molecular complexity index is 568. The Morgan fingerprint density at radius 1 is 1.32 bits per heavy atom. The van der Waals surface area contributed by atoms with Crippen LogP contribution in [0.2, 0.25) is 5.02 Å². The topological polar surface area (TPSA) is 50.5 Å². The number of hydrogen-bond acceptors (Lipinski definition) is 4. The Balaban J connectivity index is 1.32. The van der Waals surface area contributed by atoms with Crippen LogP contribution in [0, 0.1) is 0 Å². The highest BCUT2D eigenvalue weighted by atomic mass is 35.5. The van der Waals surface area contributed by atoms with E-state index in [1.807, 2.05) is 41.2 Å². The molecule has 1 atom stereocenters. The molecule has 1 N–H and O–H groups in total. The summed E-state index contributed by atoms with van der Waals surface area (Å²) < 4.78 is 7.52. The van der Waals surface area contributed by atoms with Crippen molar-refractivity contribution in [1.82, 2.24) is 14.7 Å². The number of hydrogen-bond donors (Lipinski definition) is 1. The van der Waals surface area contributed by atoms with Gasteiger partial charge in [-0.2, -0.15) is 5.10 Å². The van der Waals surface area contributed by atoms with E-state index < -0.39 is 6.10 Å². The maximum atomic E-state index is 10.0. The molecule has 0 spiro atoms. The van der Waals surface area contributed by atoms with Crippen LogP contribution in [0.1, 0.15) is 11.6 Å². The molecule has 0 unspecified atom stereocenters. The standard InChI is InChI=1S/C16H20ClN3O2/c17-14-4-2-13(3-5-14)11-22-12-16(21)10-19-8-15(9-19)20-7-1-6-18-20/h1-7,15-16,21H,8-12H2/t16-/m1/s1. The SMILES string of the molecule is O[C@@H](COCc1ccc(Cl)cc1)CN1CC(n2cccn2)C1. The zero-order chi connectivity index (χ0) is 15.4. The third-order valence-electron chi connectivity index (χ3n) is 3.80. The van der Waals surface area contributed by atoms with Gasteiger partial charge in [0.25, 0.3) is 0 Å². The Morgan fingerprint density at radius 3 is 2.77 bits per heavy atom. The smallest absolute Gasteiger partial charge is 0.0900 e. The molecule has 1 saturated heterocycles. The van der Waals surface area contributed by atoms with E-state index in [2.05, 4.69) is 10.00 Å². The molecule has 1 aliphatic rings. The molecule has 6 heteroatoms. The lowest BCUT2D eigenvalue weighted by molar-refractivity contribution is -0.0134. The summed E-state index contributed by atoms with van der Waals surface area (Å²) in [6.07, 6.45) is 3.31. The van der Waals surface area contributed by atoms with E-state index in [1.54, 1.807) is 6.20 Å². The van der Waals surface area contributed by atoms with Crippen LogP contribution in [0.4, 0.5) is 0 Å². The van der Waals surface area contributed by atoms with Gasteiger partial charge < -0.3 is 9.84 Å². The van der Waals surface area contributed by atoms with E-state index in [4.69, 9.17) is 16.3 Å². The second-order valence-corrected chi connectivity index (χ2v) is 6.09. The van der Waals surface area contributed by atoms with E-state index >= 15 is 0 Å². The van der Waals surface area contributed by atoms with Crippen LogP contribution in [0.5, 0.6) is 0 Å². The van der Waals surface area contributed by atoms with Gasteiger partial charge in [0.1, 0.15) is 0 Å². The van der Waals surface area contributed by atoms with Crippen LogP contribution in [-0.2, 0) is 11.3 Å². The molecule has 2 heterocycles. The normalized spacial score (nSPS) is 17.4. The molecule has 0 aliphatic carbocycles. The number of halogens is 1. The maximum absolute atomic E-state index is 10.0. The quantitative estimate of drug-likeness (QED) is 0.847. The fraction of sp³-hybridized carbons (Fsp3) is 0.438. The van der Waals surface area contributed by atoms with E-state index in [0.29, 0.717) is 30.8 Å². The van der Waals surface area contributed by atoms with Crippen LogP contribution in [0.15, 0.2) is 42.7 Å². The summed E-state index contributed by atoms with van der Waals surface area (Å²) in [5, 5.41) is 15.0. The van der Waals surface area contributed by atoms with Gasteiger partial charge in [-0.25, -0.2) is 0 Å². The Hall–Kier alpha value is -1.40. The van der Waals surface area contributed by atoms with Crippen molar-refractivity contribution in [3.8, 4) is 0 Å². The van der Waals surface area contributed by atoms with E-state index in [9.17, 15) is 5.11 Å².